The molecule has 3 heteroatoms. The molecule has 3 nitrogen and oxygen atoms in total. The first-order valence-electron chi connectivity index (χ1n) is 7.79. The molecule has 18 heavy (non-hydrogen) atoms. The summed E-state index contributed by atoms with van der Waals surface area (Å²) in [5, 5.41) is 13.8. The van der Waals surface area contributed by atoms with Gasteiger partial charge in [0.05, 0.1) is 18.3 Å². The lowest BCUT2D eigenvalue weighted by Gasteiger charge is -2.31. The van der Waals surface area contributed by atoms with E-state index in [0.29, 0.717) is 18.8 Å². The lowest BCUT2D eigenvalue weighted by molar-refractivity contribution is -0.0786. The minimum absolute atomic E-state index is 0.384. The average Bonchev–Trinajstić information content (AvgIpc) is 2.83. The zero-order valence-corrected chi connectivity index (χ0v) is 11.8. The first-order valence-corrected chi connectivity index (χ1v) is 7.79. The fourth-order valence-electron chi connectivity index (χ4n) is 3.23. The molecule has 2 saturated carbocycles. The Morgan fingerprint density at radius 1 is 1.17 bits per heavy atom. The molecule has 2 N–H and O–H groups in total. The maximum Gasteiger partial charge on any atom is 0.0880 e. The molecule has 2 aliphatic carbocycles. The Labute approximate surface area is 111 Å². The second-order valence-electron chi connectivity index (χ2n) is 6.17. The fraction of sp³-hybridized carbons (Fsp3) is 1.00. The summed E-state index contributed by atoms with van der Waals surface area (Å²) in [5.41, 5.74) is -0.503. The highest BCUT2D eigenvalue weighted by Crippen LogP contribution is 2.31. The number of rotatable bonds is 6. The SMILES string of the molecule is CCCNC1CCC(OCC2(O)CCCC2)CC1. The van der Waals surface area contributed by atoms with Gasteiger partial charge < -0.3 is 15.2 Å². The Morgan fingerprint density at radius 2 is 1.83 bits per heavy atom. The molecule has 0 heterocycles. The van der Waals surface area contributed by atoms with Crippen LogP contribution in [0.15, 0.2) is 0 Å². The highest BCUT2D eigenvalue weighted by molar-refractivity contribution is 4.85. The van der Waals surface area contributed by atoms with Gasteiger partial charge in [-0.3, -0.25) is 0 Å². The Kier molecular flexibility index (Phi) is 5.46. The third-order valence-corrected chi connectivity index (χ3v) is 4.48. The van der Waals surface area contributed by atoms with Gasteiger partial charge in [-0.05, 0) is 51.5 Å². The van der Waals surface area contributed by atoms with E-state index in [9.17, 15) is 5.11 Å². The second kappa shape index (κ2) is 6.88. The molecule has 0 unspecified atom stereocenters. The monoisotopic (exact) mass is 255 g/mol. The van der Waals surface area contributed by atoms with E-state index in [1.54, 1.807) is 0 Å². The van der Waals surface area contributed by atoms with Gasteiger partial charge >= 0.3 is 0 Å². The standard InChI is InChI=1S/C15H29NO2/c1-2-11-16-13-5-7-14(8-6-13)18-12-15(17)9-3-4-10-15/h13-14,16-17H,2-12H2,1H3. The Balaban J connectivity index is 1.61. The molecule has 0 aliphatic heterocycles. The number of nitrogens with one attached hydrogen (secondary N) is 1. The minimum Gasteiger partial charge on any atom is -0.387 e. The highest BCUT2D eigenvalue weighted by Gasteiger charge is 2.32. The zero-order chi connectivity index (χ0) is 12.8. The summed E-state index contributed by atoms with van der Waals surface area (Å²) in [7, 11) is 0. The van der Waals surface area contributed by atoms with Crippen LogP contribution in [0.3, 0.4) is 0 Å². The normalized spacial score (nSPS) is 31.7. The van der Waals surface area contributed by atoms with Gasteiger partial charge in [-0.2, -0.15) is 0 Å². The Bertz CT molecular complexity index is 231. The lowest BCUT2D eigenvalue weighted by Crippen LogP contribution is -2.38. The lowest BCUT2D eigenvalue weighted by atomic mass is 9.92. The Hall–Kier alpha value is -0.120. The van der Waals surface area contributed by atoms with Gasteiger partial charge in [-0.25, -0.2) is 0 Å². The zero-order valence-electron chi connectivity index (χ0n) is 11.8. The molecule has 2 aliphatic rings. The van der Waals surface area contributed by atoms with Crippen LogP contribution < -0.4 is 5.32 Å². The van der Waals surface area contributed by atoms with E-state index < -0.39 is 5.60 Å². The molecular weight excluding hydrogens is 226 g/mol. The van der Waals surface area contributed by atoms with Crippen LogP contribution in [-0.4, -0.2) is 36.0 Å². The minimum atomic E-state index is -0.503. The van der Waals surface area contributed by atoms with Gasteiger partial charge in [-0.1, -0.05) is 19.8 Å². The van der Waals surface area contributed by atoms with Crippen molar-refractivity contribution in [1.82, 2.24) is 5.32 Å². The number of hydrogen-bond acceptors (Lipinski definition) is 3. The second-order valence-corrected chi connectivity index (χ2v) is 6.17. The van der Waals surface area contributed by atoms with Crippen molar-refractivity contribution in [2.75, 3.05) is 13.2 Å². The number of aliphatic hydroxyl groups is 1. The fourth-order valence-corrected chi connectivity index (χ4v) is 3.23. The van der Waals surface area contributed by atoms with Crippen molar-refractivity contribution in [2.24, 2.45) is 0 Å². The van der Waals surface area contributed by atoms with Gasteiger partial charge in [0.1, 0.15) is 0 Å². The van der Waals surface area contributed by atoms with Crippen LogP contribution >= 0.6 is 0 Å². The van der Waals surface area contributed by atoms with Crippen LogP contribution in [0.1, 0.15) is 64.7 Å². The van der Waals surface area contributed by atoms with Crippen LogP contribution in [0.5, 0.6) is 0 Å². The van der Waals surface area contributed by atoms with Crippen molar-refractivity contribution in [3.63, 3.8) is 0 Å². The van der Waals surface area contributed by atoms with E-state index in [-0.39, 0.29) is 0 Å². The van der Waals surface area contributed by atoms with Crippen molar-refractivity contribution < 1.29 is 9.84 Å². The van der Waals surface area contributed by atoms with Crippen LogP contribution in [0.4, 0.5) is 0 Å². The van der Waals surface area contributed by atoms with E-state index in [0.717, 1.165) is 45.1 Å². The third kappa shape index (κ3) is 4.22. The molecule has 0 aromatic rings. The number of ether oxygens (including phenoxy) is 1. The van der Waals surface area contributed by atoms with E-state index >= 15 is 0 Å². The van der Waals surface area contributed by atoms with E-state index in [1.807, 2.05) is 0 Å². The van der Waals surface area contributed by atoms with Gasteiger partial charge in [0.25, 0.3) is 0 Å². The molecule has 2 fully saturated rings. The molecule has 0 atom stereocenters. The summed E-state index contributed by atoms with van der Waals surface area (Å²) in [6.45, 7) is 3.91. The third-order valence-electron chi connectivity index (χ3n) is 4.48. The van der Waals surface area contributed by atoms with Crippen molar-refractivity contribution in [3.8, 4) is 0 Å². The van der Waals surface area contributed by atoms with E-state index in [1.165, 1.54) is 19.3 Å². The van der Waals surface area contributed by atoms with Gasteiger partial charge in [0.15, 0.2) is 0 Å². The summed E-state index contributed by atoms with van der Waals surface area (Å²) in [4.78, 5) is 0. The molecule has 0 radical (unpaired) electrons. The molecule has 0 aromatic carbocycles. The first-order chi connectivity index (χ1) is 8.72. The summed E-state index contributed by atoms with van der Waals surface area (Å²) >= 11 is 0. The molecule has 0 spiro atoms. The van der Waals surface area contributed by atoms with Crippen molar-refractivity contribution >= 4 is 0 Å². The first kappa shape index (κ1) is 14.3. The molecule has 2 rings (SSSR count). The maximum atomic E-state index is 10.3. The van der Waals surface area contributed by atoms with Crippen LogP contribution in [0, 0.1) is 0 Å². The average molecular weight is 255 g/mol. The number of hydrogen-bond donors (Lipinski definition) is 2. The molecular formula is C15H29NO2. The van der Waals surface area contributed by atoms with Crippen LogP contribution in [0.25, 0.3) is 0 Å². The highest BCUT2D eigenvalue weighted by atomic mass is 16.5. The quantitative estimate of drug-likeness (QED) is 0.766. The topological polar surface area (TPSA) is 41.5 Å². The summed E-state index contributed by atoms with van der Waals surface area (Å²) in [6.07, 6.45) is 10.5. The summed E-state index contributed by atoms with van der Waals surface area (Å²) < 4.78 is 5.94. The van der Waals surface area contributed by atoms with E-state index in [2.05, 4.69) is 12.2 Å². The maximum absolute atomic E-state index is 10.3. The predicted molar refractivity (Wildman–Crippen MR) is 73.7 cm³/mol. The van der Waals surface area contributed by atoms with Crippen molar-refractivity contribution in [2.45, 2.75) is 82.5 Å². The van der Waals surface area contributed by atoms with Gasteiger partial charge in [0, 0.05) is 6.04 Å². The van der Waals surface area contributed by atoms with Crippen LogP contribution in [-0.2, 0) is 4.74 Å². The van der Waals surface area contributed by atoms with Gasteiger partial charge in [0.2, 0.25) is 0 Å². The predicted octanol–water partition coefficient (Wildman–Crippen LogP) is 2.62. The molecule has 0 aromatic heterocycles. The molecule has 106 valence electrons. The Morgan fingerprint density at radius 3 is 2.44 bits per heavy atom. The summed E-state index contributed by atoms with van der Waals surface area (Å²) in [5.74, 6) is 0. The summed E-state index contributed by atoms with van der Waals surface area (Å²) in [6, 6.07) is 0.694. The molecule has 0 saturated heterocycles. The van der Waals surface area contributed by atoms with Crippen LogP contribution in [0.2, 0.25) is 0 Å². The smallest absolute Gasteiger partial charge is 0.0880 e. The van der Waals surface area contributed by atoms with Crippen molar-refractivity contribution in [3.05, 3.63) is 0 Å². The van der Waals surface area contributed by atoms with Gasteiger partial charge in [-0.15, -0.1) is 0 Å². The van der Waals surface area contributed by atoms with Crippen molar-refractivity contribution in [1.29, 1.82) is 0 Å². The molecule has 0 amide bonds. The van der Waals surface area contributed by atoms with E-state index in [4.69, 9.17) is 4.74 Å². The molecule has 0 bridgehead atoms. The largest absolute Gasteiger partial charge is 0.387 e.